The van der Waals surface area contributed by atoms with Gasteiger partial charge in [-0.25, -0.2) is 0 Å². The molecule has 124 valence electrons. The first-order chi connectivity index (χ1) is 10.7. The minimum absolute atomic E-state index is 0.191. The summed E-state index contributed by atoms with van der Waals surface area (Å²) in [5.74, 6) is 1.24. The maximum atomic E-state index is 12.5. The highest BCUT2D eigenvalue weighted by Crippen LogP contribution is 2.20. The van der Waals surface area contributed by atoms with Crippen LogP contribution < -0.4 is 0 Å². The van der Waals surface area contributed by atoms with E-state index in [4.69, 9.17) is 9.26 Å². The quantitative estimate of drug-likeness (QED) is 0.808. The van der Waals surface area contributed by atoms with Gasteiger partial charge < -0.3 is 14.2 Å². The molecule has 1 fully saturated rings. The fourth-order valence-corrected chi connectivity index (χ4v) is 2.93. The van der Waals surface area contributed by atoms with Crippen LogP contribution in [-0.2, 0) is 16.0 Å². The molecule has 1 saturated heterocycles. The van der Waals surface area contributed by atoms with Gasteiger partial charge in [-0.1, -0.05) is 24.9 Å². The van der Waals surface area contributed by atoms with Crippen LogP contribution in [0.3, 0.4) is 0 Å². The van der Waals surface area contributed by atoms with Crippen LogP contribution in [0, 0.1) is 0 Å². The molecule has 0 spiro atoms. The molecule has 2 atom stereocenters. The van der Waals surface area contributed by atoms with Crippen molar-refractivity contribution in [2.75, 3.05) is 13.7 Å². The standard InChI is InChI=1S/C16H27N3O3/c1-4-13-8-6-5-7-11-19(13)15(20)10-9-14-17-16(18-22-14)12(2)21-3/h12-13H,4-11H2,1-3H3/t12-,13-/m1/s1. The molecule has 6 nitrogen and oxygen atoms in total. The Labute approximate surface area is 132 Å². The number of rotatable bonds is 6. The number of amides is 1. The van der Waals surface area contributed by atoms with Crippen molar-refractivity contribution in [3.63, 3.8) is 0 Å². The number of methoxy groups -OCH3 is 1. The van der Waals surface area contributed by atoms with Gasteiger partial charge in [0, 0.05) is 32.5 Å². The summed E-state index contributed by atoms with van der Waals surface area (Å²) in [5.41, 5.74) is 0. The van der Waals surface area contributed by atoms with Crippen molar-refractivity contribution in [3.8, 4) is 0 Å². The maximum Gasteiger partial charge on any atom is 0.227 e. The molecule has 2 heterocycles. The summed E-state index contributed by atoms with van der Waals surface area (Å²) >= 11 is 0. The van der Waals surface area contributed by atoms with Crippen LogP contribution in [0.15, 0.2) is 4.52 Å². The van der Waals surface area contributed by atoms with Crippen molar-refractivity contribution in [2.24, 2.45) is 0 Å². The zero-order valence-electron chi connectivity index (χ0n) is 13.9. The minimum atomic E-state index is -0.191. The number of aryl methyl sites for hydroxylation is 1. The lowest BCUT2D eigenvalue weighted by Crippen LogP contribution is -2.39. The Balaban J connectivity index is 1.89. The summed E-state index contributed by atoms with van der Waals surface area (Å²) in [5, 5.41) is 3.89. The van der Waals surface area contributed by atoms with Crippen molar-refractivity contribution >= 4 is 5.91 Å². The second-order valence-electron chi connectivity index (χ2n) is 5.92. The molecule has 1 aromatic heterocycles. The number of aromatic nitrogens is 2. The van der Waals surface area contributed by atoms with Crippen LogP contribution in [0.5, 0.6) is 0 Å². The number of carbonyl (C=O) groups excluding carboxylic acids is 1. The van der Waals surface area contributed by atoms with Crippen LogP contribution >= 0.6 is 0 Å². The van der Waals surface area contributed by atoms with Crippen LogP contribution in [0.4, 0.5) is 0 Å². The average molecular weight is 309 g/mol. The molecule has 0 bridgehead atoms. The second-order valence-corrected chi connectivity index (χ2v) is 5.92. The number of ether oxygens (including phenoxy) is 1. The number of nitrogens with zero attached hydrogens (tertiary/aromatic N) is 3. The summed E-state index contributed by atoms with van der Waals surface area (Å²) in [7, 11) is 1.61. The summed E-state index contributed by atoms with van der Waals surface area (Å²) in [6.45, 7) is 4.91. The third kappa shape index (κ3) is 4.29. The highest BCUT2D eigenvalue weighted by molar-refractivity contribution is 5.76. The summed E-state index contributed by atoms with van der Waals surface area (Å²) in [4.78, 5) is 18.8. The van der Waals surface area contributed by atoms with Gasteiger partial charge >= 0.3 is 0 Å². The maximum absolute atomic E-state index is 12.5. The first-order valence-electron chi connectivity index (χ1n) is 8.30. The molecule has 1 aromatic rings. The zero-order chi connectivity index (χ0) is 15.9. The van der Waals surface area contributed by atoms with Gasteiger partial charge in [-0.2, -0.15) is 4.98 Å². The first kappa shape index (κ1) is 16.9. The minimum Gasteiger partial charge on any atom is -0.374 e. The van der Waals surface area contributed by atoms with E-state index >= 15 is 0 Å². The van der Waals surface area contributed by atoms with Crippen LogP contribution in [0.1, 0.15) is 70.2 Å². The fraction of sp³-hybridized carbons (Fsp3) is 0.812. The predicted octanol–water partition coefficient (Wildman–Crippen LogP) is 2.89. The Morgan fingerprint density at radius 3 is 3.00 bits per heavy atom. The van der Waals surface area contributed by atoms with Crippen molar-refractivity contribution in [3.05, 3.63) is 11.7 Å². The van der Waals surface area contributed by atoms with Crippen LogP contribution in [-0.4, -0.2) is 40.6 Å². The lowest BCUT2D eigenvalue weighted by atomic mass is 10.1. The number of hydrogen-bond acceptors (Lipinski definition) is 5. The van der Waals surface area contributed by atoms with E-state index in [1.807, 2.05) is 6.92 Å². The fourth-order valence-electron chi connectivity index (χ4n) is 2.93. The molecule has 22 heavy (non-hydrogen) atoms. The van der Waals surface area contributed by atoms with E-state index in [-0.39, 0.29) is 12.0 Å². The van der Waals surface area contributed by atoms with E-state index in [1.165, 1.54) is 12.8 Å². The van der Waals surface area contributed by atoms with Crippen molar-refractivity contribution in [1.82, 2.24) is 15.0 Å². The third-order valence-corrected chi connectivity index (χ3v) is 4.42. The number of carbonyl (C=O) groups is 1. The molecule has 0 aromatic carbocycles. The van der Waals surface area contributed by atoms with Gasteiger partial charge in [0.05, 0.1) is 0 Å². The van der Waals surface area contributed by atoms with Crippen LogP contribution in [0.2, 0.25) is 0 Å². The molecule has 0 saturated carbocycles. The van der Waals surface area contributed by atoms with E-state index in [0.717, 1.165) is 25.8 Å². The van der Waals surface area contributed by atoms with Crippen molar-refractivity contribution < 1.29 is 14.1 Å². The molecular weight excluding hydrogens is 282 g/mol. The van der Waals surface area contributed by atoms with Crippen molar-refractivity contribution in [2.45, 2.75) is 70.9 Å². The van der Waals surface area contributed by atoms with Crippen LogP contribution in [0.25, 0.3) is 0 Å². The van der Waals surface area contributed by atoms with Gasteiger partial charge in [-0.3, -0.25) is 4.79 Å². The van der Waals surface area contributed by atoms with Gasteiger partial charge in [-0.05, 0) is 26.2 Å². The Kier molecular flexibility index (Phi) is 6.36. The van der Waals surface area contributed by atoms with Gasteiger partial charge in [0.25, 0.3) is 0 Å². The van der Waals surface area contributed by atoms with E-state index in [9.17, 15) is 4.79 Å². The lowest BCUT2D eigenvalue weighted by molar-refractivity contribution is -0.133. The molecule has 0 radical (unpaired) electrons. The topological polar surface area (TPSA) is 68.5 Å². The highest BCUT2D eigenvalue weighted by atomic mass is 16.5. The Morgan fingerprint density at radius 2 is 2.27 bits per heavy atom. The summed E-state index contributed by atoms with van der Waals surface area (Å²) in [6.07, 6.45) is 6.45. The molecule has 0 N–H and O–H groups in total. The number of likely N-dealkylation sites (tertiary alicyclic amines) is 1. The predicted molar refractivity (Wildman–Crippen MR) is 82.3 cm³/mol. The molecule has 2 rings (SSSR count). The third-order valence-electron chi connectivity index (χ3n) is 4.42. The monoisotopic (exact) mass is 309 g/mol. The lowest BCUT2D eigenvalue weighted by Gasteiger charge is -2.29. The Morgan fingerprint density at radius 1 is 1.45 bits per heavy atom. The first-order valence-corrected chi connectivity index (χ1v) is 8.30. The van der Waals surface area contributed by atoms with E-state index in [0.29, 0.717) is 30.6 Å². The summed E-state index contributed by atoms with van der Waals surface area (Å²) < 4.78 is 10.3. The molecule has 0 aliphatic carbocycles. The largest absolute Gasteiger partial charge is 0.374 e. The number of hydrogen-bond donors (Lipinski definition) is 0. The molecule has 6 heteroatoms. The molecular formula is C16H27N3O3. The van der Waals surface area contributed by atoms with Gasteiger partial charge in [-0.15, -0.1) is 0 Å². The van der Waals surface area contributed by atoms with E-state index < -0.39 is 0 Å². The second kappa shape index (κ2) is 8.27. The zero-order valence-corrected chi connectivity index (χ0v) is 13.9. The van der Waals surface area contributed by atoms with Crippen molar-refractivity contribution in [1.29, 1.82) is 0 Å². The van der Waals surface area contributed by atoms with Gasteiger partial charge in [0.1, 0.15) is 6.10 Å². The normalized spacial score (nSPS) is 20.7. The molecule has 1 aliphatic rings. The van der Waals surface area contributed by atoms with E-state index in [1.54, 1.807) is 7.11 Å². The van der Waals surface area contributed by atoms with Gasteiger partial charge in [0.15, 0.2) is 5.82 Å². The Bertz CT molecular complexity index is 475. The average Bonchev–Trinajstić information content (AvgIpc) is 2.88. The van der Waals surface area contributed by atoms with Gasteiger partial charge in [0.2, 0.25) is 11.8 Å². The van der Waals surface area contributed by atoms with E-state index in [2.05, 4.69) is 22.0 Å². The molecule has 0 unspecified atom stereocenters. The SMILES string of the molecule is CC[C@@H]1CCCCCN1C(=O)CCc1nc([C@@H](C)OC)no1. The highest BCUT2D eigenvalue weighted by Gasteiger charge is 2.24. The smallest absolute Gasteiger partial charge is 0.227 e. The molecule has 1 aliphatic heterocycles. The summed E-state index contributed by atoms with van der Waals surface area (Å²) in [6, 6.07) is 0.391. The Hall–Kier alpha value is -1.43. The molecule has 1 amide bonds.